The van der Waals surface area contributed by atoms with Crippen molar-refractivity contribution in [1.29, 1.82) is 0 Å². The first-order chi connectivity index (χ1) is 5.60. The first-order valence-electron chi connectivity index (χ1n) is 3.71. The highest BCUT2D eigenvalue weighted by atomic mass is 31.2. The SMILES string of the molecule is C=CC(O)P(=O)(OC)OCCC. The minimum atomic E-state index is -3.37. The molecule has 0 fully saturated rings. The molecule has 0 bridgehead atoms. The molecule has 0 amide bonds. The molecule has 4 nitrogen and oxygen atoms in total. The van der Waals surface area contributed by atoms with Crippen molar-refractivity contribution in [2.45, 2.75) is 19.2 Å². The Morgan fingerprint density at radius 2 is 2.33 bits per heavy atom. The van der Waals surface area contributed by atoms with Crippen LogP contribution in [-0.2, 0) is 13.6 Å². The monoisotopic (exact) mass is 194 g/mol. The lowest BCUT2D eigenvalue weighted by atomic mass is 10.5. The Hall–Kier alpha value is -0.150. The van der Waals surface area contributed by atoms with E-state index in [1.807, 2.05) is 6.92 Å². The van der Waals surface area contributed by atoms with Gasteiger partial charge in [0.05, 0.1) is 6.61 Å². The van der Waals surface area contributed by atoms with Crippen LogP contribution in [0.2, 0.25) is 0 Å². The summed E-state index contributed by atoms with van der Waals surface area (Å²) in [5, 5.41) is 9.17. The van der Waals surface area contributed by atoms with E-state index in [4.69, 9.17) is 4.52 Å². The van der Waals surface area contributed by atoms with Gasteiger partial charge in [0.2, 0.25) is 0 Å². The molecular weight excluding hydrogens is 179 g/mol. The fourth-order valence-electron chi connectivity index (χ4n) is 0.585. The minimum absolute atomic E-state index is 0.302. The van der Waals surface area contributed by atoms with Gasteiger partial charge >= 0.3 is 7.60 Å². The van der Waals surface area contributed by atoms with Crippen LogP contribution in [0, 0.1) is 0 Å². The van der Waals surface area contributed by atoms with E-state index >= 15 is 0 Å². The summed E-state index contributed by atoms with van der Waals surface area (Å²) in [5.41, 5.74) is 0. The van der Waals surface area contributed by atoms with Gasteiger partial charge in [-0.1, -0.05) is 19.6 Å². The summed E-state index contributed by atoms with van der Waals surface area (Å²) in [6, 6.07) is 0. The molecular formula is C7H15O4P. The number of rotatable bonds is 6. The zero-order valence-electron chi connectivity index (χ0n) is 7.40. The Morgan fingerprint density at radius 3 is 2.67 bits per heavy atom. The molecule has 0 saturated carbocycles. The molecule has 0 aliphatic carbocycles. The van der Waals surface area contributed by atoms with Crippen molar-refractivity contribution in [2.75, 3.05) is 13.7 Å². The summed E-state index contributed by atoms with van der Waals surface area (Å²) in [6.45, 7) is 5.48. The number of hydrogen-bond acceptors (Lipinski definition) is 4. The second-order valence-corrected chi connectivity index (χ2v) is 4.44. The maximum atomic E-state index is 11.5. The summed E-state index contributed by atoms with van der Waals surface area (Å²) >= 11 is 0. The molecule has 0 aliphatic rings. The Labute approximate surface area is 72.7 Å². The van der Waals surface area contributed by atoms with E-state index in [1.165, 1.54) is 7.11 Å². The topological polar surface area (TPSA) is 55.8 Å². The van der Waals surface area contributed by atoms with Crippen LogP contribution in [0.1, 0.15) is 13.3 Å². The lowest BCUT2D eigenvalue weighted by Gasteiger charge is -2.18. The van der Waals surface area contributed by atoms with Crippen LogP contribution in [0.5, 0.6) is 0 Å². The van der Waals surface area contributed by atoms with Crippen LogP contribution in [0.4, 0.5) is 0 Å². The fourth-order valence-corrected chi connectivity index (χ4v) is 1.75. The molecule has 0 aromatic rings. The van der Waals surface area contributed by atoms with Crippen molar-refractivity contribution in [1.82, 2.24) is 0 Å². The van der Waals surface area contributed by atoms with Crippen LogP contribution in [0.15, 0.2) is 12.7 Å². The van der Waals surface area contributed by atoms with Gasteiger partial charge in [0.25, 0.3) is 0 Å². The largest absolute Gasteiger partial charge is 0.377 e. The lowest BCUT2D eigenvalue weighted by molar-refractivity contribution is 0.178. The average molecular weight is 194 g/mol. The quantitative estimate of drug-likeness (QED) is 0.517. The van der Waals surface area contributed by atoms with Crippen LogP contribution in [0.3, 0.4) is 0 Å². The third kappa shape index (κ3) is 3.07. The van der Waals surface area contributed by atoms with Gasteiger partial charge in [-0.15, -0.1) is 0 Å². The van der Waals surface area contributed by atoms with Crippen molar-refractivity contribution >= 4 is 7.60 Å². The Balaban J connectivity index is 4.23. The van der Waals surface area contributed by atoms with E-state index in [9.17, 15) is 9.67 Å². The van der Waals surface area contributed by atoms with E-state index in [0.29, 0.717) is 6.61 Å². The molecule has 0 radical (unpaired) electrons. The van der Waals surface area contributed by atoms with E-state index < -0.39 is 13.4 Å². The van der Waals surface area contributed by atoms with Crippen molar-refractivity contribution in [3.63, 3.8) is 0 Å². The summed E-state index contributed by atoms with van der Waals surface area (Å²) in [6.07, 6.45) is 1.86. The Morgan fingerprint density at radius 1 is 1.75 bits per heavy atom. The summed E-state index contributed by atoms with van der Waals surface area (Å²) < 4.78 is 21.0. The highest BCUT2D eigenvalue weighted by Crippen LogP contribution is 2.51. The second kappa shape index (κ2) is 5.49. The van der Waals surface area contributed by atoms with Gasteiger partial charge in [0.15, 0.2) is 5.85 Å². The standard InChI is InChI=1S/C7H15O4P/c1-4-6-11-12(9,10-3)7(8)5-2/h5,7-8H,2,4,6H2,1,3H3. The molecule has 5 heteroatoms. The maximum absolute atomic E-state index is 11.5. The van der Waals surface area contributed by atoms with E-state index in [1.54, 1.807) is 0 Å². The predicted molar refractivity (Wildman–Crippen MR) is 47.1 cm³/mol. The van der Waals surface area contributed by atoms with Crippen LogP contribution in [-0.4, -0.2) is 24.7 Å². The van der Waals surface area contributed by atoms with Crippen molar-refractivity contribution in [3.8, 4) is 0 Å². The molecule has 1 N–H and O–H groups in total. The normalized spacial score (nSPS) is 18.2. The molecule has 72 valence electrons. The van der Waals surface area contributed by atoms with Gasteiger partial charge < -0.3 is 14.2 Å². The van der Waals surface area contributed by atoms with Crippen molar-refractivity contribution < 1.29 is 18.7 Å². The van der Waals surface area contributed by atoms with Gasteiger partial charge in [0, 0.05) is 7.11 Å². The average Bonchev–Trinajstić information content (AvgIpc) is 2.12. The van der Waals surface area contributed by atoms with Crippen LogP contribution >= 0.6 is 7.60 Å². The fraction of sp³-hybridized carbons (Fsp3) is 0.714. The molecule has 0 spiro atoms. The first kappa shape index (κ1) is 11.8. The van der Waals surface area contributed by atoms with Gasteiger partial charge in [-0.05, 0) is 6.42 Å². The summed E-state index contributed by atoms with van der Waals surface area (Å²) in [4.78, 5) is 0. The van der Waals surface area contributed by atoms with Gasteiger partial charge in [-0.3, -0.25) is 4.57 Å². The lowest BCUT2D eigenvalue weighted by Crippen LogP contribution is -2.08. The molecule has 0 saturated heterocycles. The van der Waals surface area contributed by atoms with E-state index in [2.05, 4.69) is 11.1 Å². The molecule has 0 rings (SSSR count). The smallest absolute Gasteiger partial charge is 0.362 e. The maximum Gasteiger partial charge on any atom is 0.362 e. The van der Waals surface area contributed by atoms with Crippen LogP contribution in [0.25, 0.3) is 0 Å². The van der Waals surface area contributed by atoms with Crippen LogP contribution < -0.4 is 0 Å². The first-order valence-corrected chi connectivity index (χ1v) is 5.32. The van der Waals surface area contributed by atoms with Gasteiger partial charge in [0.1, 0.15) is 0 Å². The Kier molecular flexibility index (Phi) is 5.42. The molecule has 2 unspecified atom stereocenters. The third-order valence-corrected chi connectivity index (χ3v) is 3.17. The van der Waals surface area contributed by atoms with Gasteiger partial charge in [-0.2, -0.15) is 0 Å². The van der Waals surface area contributed by atoms with Crippen molar-refractivity contribution in [3.05, 3.63) is 12.7 Å². The summed E-state index contributed by atoms with van der Waals surface area (Å²) in [7, 11) is -2.13. The number of aliphatic hydroxyl groups is 1. The molecule has 0 aliphatic heterocycles. The molecule has 0 aromatic heterocycles. The molecule has 0 aromatic carbocycles. The number of aliphatic hydroxyl groups excluding tert-OH is 1. The zero-order chi connectivity index (χ0) is 9.61. The van der Waals surface area contributed by atoms with Gasteiger partial charge in [-0.25, -0.2) is 0 Å². The predicted octanol–water partition coefficient (Wildman–Crippen LogP) is 1.76. The van der Waals surface area contributed by atoms with E-state index in [0.717, 1.165) is 12.5 Å². The summed E-state index contributed by atoms with van der Waals surface area (Å²) in [5.74, 6) is -1.24. The highest BCUT2D eigenvalue weighted by Gasteiger charge is 2.30. The highest BCUT2D eigenvalue weighted by molar-refractivity contribution is 7.54. The molecule has 12 heavy (non-hydrogen) atoms. The second-order valence-electron chi connectivity index (χ2n) is 2.20. The number of hydrogen-bond donors (Lipinski definition) is 1. The Bertz CT molecular complexity index is 180. The minimum Gasteiger partial charge on any atom is -0.377 e. The third-order valence-electron chi connectivity index (χ3n) is 1.26. The molecule has 2 atom stereocenters. The van der Waals surface area contributed by atoms with Crippen molar-refractivity contribution in [2.24, 2.45) is 0 Å². The zero-order valence-corrected chi connectivity index (χ0v) is 8.29. The molecule has 0 heterocycles. The van der Waals surface area contributed by atoms with E-state index in [-0.39, 0.29) is 0 Å².